The van der Waals surface area contributed by atoms with Gasteiger partial charge in [-0.05, 0) is 99.9 Å². The summed E-state index contributed by atoms with van der Waals surface area (Å²) in [6.07, 6.45) is 8.44. The normalized spacial score (nSPS) is 17.5. The molecule has 1 saturated carbocycles. The van der Waals surface area contributed by atoms with Crippen LogP contribution in [0.5, 0.6) is 0 Å². The van der Waals surface area contributed by atoms with Crippen molar-refractivity contribution in [2.75, 3.05) is 47.1 Å². The summed E-state index contributed by atoms with van der Waals surface area (Å²) in [6, 6.07) is 8.48. The summed E-state index contributed by atoms with van der Waals surface area (Å²) in [5, 5.41) is 13.2. The molecule has 0 spiro atoms. The molecule has 3 aliphatic rings. The number of fused-ring (bicyclic) bond motifs is 1. The van der Waals surface area contributed by atoms with E-state index in [4.69, 9.17) is 9.84 Å². The first-order valence-electron chi connectivity index (χ1n) is 30.4. The third kappa shape index (κ3) is 40.7. The van der Waals surface area contributed by atoms with Crippen LogP contribution in [0.2, 0.25) is 0 Å². The van der Waals surface area contributed by atoms with Gasteiger partial charge in [0.2, 0.25) is 35.8 Å². The van der Waals surface area contributed by atoms with E-state index in [0.717, 1.165) is 55.3 Å². The van der Waals surface area contributed by atoms with Crippen molar-refractivity contribution < 1.29 is 48.2 Å². The fourth-order valence-corrected chi connectivity index (χ4v) is 9.51. The van der Waals surface area contributed by atoms with E-state index in [9.17, 15) is 38.4 Å². The topological polar surface area (TPSA) is 264 Å². The van der Waals surface area contributed by atoms with E-state index in [1.807, 2.05) is 76.8 Å². The number of amides is 6. The molecule has 82 heavy (non-hydrogen) atoms. The Balaban J connectivity index is -0.000000473. The third-order valence-corrected chi connectivity index (χ3v) is 13.5. The maximum absolute atomic E-state index is 13.3. The van der Waals surface area contributed by atoms with Crippen LogP contribution in [0.15, 0.2) is 30.3 Å². The zero-order valence-corrected chi connectivity index (χ0v) is 56.4. The van der Waals surface area contributed by atoms with E-state index in [0.29, 0.717) is 50.6 Å². The molecule has 3 fully saturated rings. The number of nitrogens with one attached hydrogen (secondary N) is 3. The van der Waals surface area contributed by atoms with Crippen molar-refractivity contribution in [1.82, 2.24) is 30.8 Å². The number of unbranched alkanes of at least 4 members (excludes halogenated alkanes) is 2. The Morgan fingerprint density at radius 2 is 1.41 bits per heavy atom. The first-order chi connectivity index (χ1) is 38.6. The number of carbonyl (C=O) groups is 8. The minimum absolute atomic E-state index is 0.0180. The third-order valence-electron chi connectivity index (χ3n) is 12.2. The predicted molar refractivity (Wildman–Crippen MR) is 341 cm³/mol. The Labute approximate surface area is 503 Å². The molecule has 2 heterocycles. The molecule has 19 heteroatoms. The summed E-state index contributed by atoms with van der Waals surface area (Å²) in [6.45, 7) is 37.9. The first-order valence-corrected chi connectivity index (χ1v) is 31.5. The Kier molecular flexibility index (Phi) is 54.9. The smallest absolute Gasteiger partial charge is 0.326 e. The molecule has 1 aromatic rings. The number of aliphatic carboxylic acids is 1. The molecule has 1 aromatic carbocycles. The number of ether oxygens (including phenoxy) is 1. The van der Waals surface area contributed by atoms with Gasteiger partial charge >= 0.3 is 5.97 Å². The molecule has 2 saturated heterocycles. The van der Waals surface area contributed by atoms with Gasteiger partial charge in [0.05, 0.1) is 30.4 Å². The fourth-order valence-electron chi connectivity index (χ4n) is 8.38. The largest absolute Gasteiger partial charge is 0.480 e. The molecule has 0 bridgehead atoms. The number of hydrazine groups is 1. The molecule has 1 aliphatic carbocycles. The lowest BCUT2D eigenvalue weighted by Crippen LogP contribution is -2.53. The van der Waals surface area contributed by atoms with E-state index >= 15 is 0 Å². The number of methoxy groups -OCH3 is 1. The molecule has 4 rings (SSSR count). The number of nitrogens with zero attached hydrogens (tertiary/aromatic N) is 3. The van der Waals surface area contributed by atoms with Gasteiger partial charge in [-0.1, -0.05) is 167 Å². The van der Waals surface area contributed by atoms with Crippen LogP contribution in [0.3, 0.4) is 0 Å². The van der Waals surface area contributed by atoms with E-state index in [2.05, 4.69) is 111 Å². The summed E-state index contributed by atoms with van der Waals surface area (Å²) >= 11 is 1.56. The van der Waals surface area contributed by atoms with Crippen molar-refractivity contribution in [3.8, 4) is 0 Å². The maximum atomic E-state index is 13.3. The molecule has 8 atom stereocenters. The van der Waals surface area contributed by atoms with Crippen molar-refractivity contribution >= 4 is 59.5 Å². The van der Waals surface area contributed by atoms with Gasteiger partial charge in [-0.2, -0.15) is 0 Å². The lowest BCUT2D eigenvalue weighted by atomic mass is 9.90. The number of likely N-dealkylation sites (tertiary alicyclic amines) is 2. The van der Waals surface area contributed by atoms with Crippen molar-refractivity contribution in [2.24, 2.45) is 40.7 Å². The number of Topliss-reactive ketones (excluding diaryl/α,β-unsaturated/α-hetero) is 1. The quantitative estimate of drug-likeness (QED) is 0.0133. The number of piperidine rings is 1. The lowest BCUT2D eigenvalue weighted by molar-refractivity contribution is -0.144. The Morgan fingerprint density at radius 1 is 0.890 bits per heavy atom. The zero-order chi connectivity index (χ0) is 64.7. The molecular formula is C63H122N8O10S. The Bertz CT molecular complexity index is 1820. The lowest BCUT2D eigenvalue weighted by Gasteiger charge is -2.38. The van der Waals surface area contributed by atoms with Gasteiger partial charge in [0, 0.05) is 52.0 Å². The van der Waals surface area contributed by atoms with Gasteiger partial charge in [0.15, 0.2) is 0 Å². The molecule has 6 amide bonds. The number of carboxylic acids is 1. The average molecular weight is 1180 g/mol. The van der Waals surface area contributed by atoms with E-state index < -0.39 is 29.8 Å². The number of benzene rings is 1. The summed E-state index contributed by atoms with van der Waals surface area (Å²) in [7, 11) is 6.37. The van der Waals surface area contributed by atoms with Gasteiger partial charge < -0.3 is 36.0 Å². The van der Waals surface area contributed by atoms with Crippen LogP contribution in [-0.4, -0.2) is 150 Å². The Morgan fingerprint density at radius 3 is 1.85 bits per heavy atom. The number of hydrogen-bond donors (Lipinski definition) is 6. The highest BCUT2D eigenvalue weighted by molar-refractivity contribution is 8.00. The number of rotatable bonds is 25. The summed E-state index contributed by atoms with van der Waals surface area (Å²) in [5.41, 5.74) is 7.88. The predicted octanol–water partition coefficient (Wildman–Crippen LogP) is 10.1. The zero-order valence-electron chi connectivity index (χ0n) is 55.6. The van der Waals surface area contributed by atoms with Crippen molar-refractivity contribution in [2.45, 2.75) is 244 Å². The van der Waals surface area contributed by atoms with Gasteiger partial charge in [-0.25, -0.2) is 4.79 Å². The molecule has 18 nitrogen and oxygen atoms in total. The highest BCUT2D eigenvalue weighted by Crippen LogP contribution is 2.48. The van der Waals surface area contributed by atoms with Gasteiger partial charge in [0.1, 0.15) is 6.04 Å². The molecule has 0 aromatic heterocycles. The molecule has 480 valence electrons. The number of likely N-dealkylation sites (N-methyl/N-ethyl adjacent to an activating group) is 1. The highest BCUT2D eigenvalue weighted by Gasteiger charge is 2.52. The molecular weight excluding hydrogens is 1060 g/mol. The van der Waals surface area contributed by atoms with Crippen molar-refractivity contribution in [3.05, 3.63) is 35.9 Å². The van der Waals surface area contributed by atoms with Crippen LogP contribution in [0.1, 0.15) is 207 Å². The maximum Gasteiger partial charge on any atom is 0.326 e. The monoisotopic (exact) mass is 1180 g/mol. The molecule has 2 aliphatic heterocycles. The van der Waals surface area contributed by atoms with E-state index in [1.54, 1.807) is 37.9 Å². The number of imide groups is 1. The van der Waals surface area contributed by atoms with Crippen LogP contribution >= 0.6 is 11.8 Å². The molecule has 0 radical (unpaired) electrons. The van der Waals surface area contributed by atoms with Gasteiger partial charge in [-0.3, -0.25) is 49.7 Å². The number of carboxylic acid groups (broad SMARTS) is 1. The second kappa shape index (κ2) is 52.1. The summed E-state index contributed by atoms with van der Waals surface area (Å²) < 4.78 is 5.80. The fraction of sp³-hybridized carbons (Fsp3) is 0.778. The van der Waals surface area contributed by atoms with E-state index in [1.165, 1.54) is 18.4 Å². The highest BCUT2D eigenvalue weighted by atomic mass is 32.2. The van der Waals surface area contributed by atoms with Crippen LogP contribution in [0.4, 0.5) is 0 Å². The molecule has 8 unspecified atom stereocenters. The summed E-state index contributed by atoms with van der Waals surface area (Å²) in [4.78, 5) is 102. The number of carbonyl (C=O) groups excluding carboxylic acids is 7. The van der Waals surface area contributed by atoms with Gasteiger partial charge in [-0.15, -0.1) is 11.8 Å². The second-order valence-corrected chi connectivity index (χ2v) is 24.0. The minimum Gasteiger partial charge on any atom is -0.480 e. The van der Waals surface area contributed by atoms with Crippen molar-refractivity contribution in [3.63, 3.8) is 0 Å². The number of nitrogens with two attached hydrogens (primary N) is 2. The summed E-state index contributed by atoms with van der Waals surface area (Å²) in [5.74, 6) is 4.74. The number of thioether (sulfide) groups is 1. The van der Waals surface area contributed by atoms with Gasteiger partial charge in [0.25, 0.3) is 5.91 Å². The van der Waals surface area contributed by atoms with Crippen LogP contribution in [0.25, 0.3) is 0 Å². The average Bonchev–Trinajstić information content (AvgIpc) is 4.00. The Hall–Kier alpha value is -4.43. The first kappa shape index (κ1) is 86.4. The second-order valence-electron chi connectivity index (χ2n) is 22.7. The molecule has 8 N–H and O–H groups in total. The standard InChI is InChI=1S/C36H60N4O7S.C10H11NO3.2C4H10.C3H8.2C2H6.CH6N2.CH5N/c1-9-23(2)33(28(47-8)20-31(43)40-24(3)18-25-19-26(25)40)38(7)32(44)22-37-34(45)27(41)14-11-10-12-16-39-30(42)21-29(35(39)46)48-17-13-15-36(4,5)6;12-7-11-9(10(13)14)6-8-4-2-1-3-5-8;2*1-4(2)3;1-3-2;2*1-2;1-3-2;1-2/h23-26,28-29,33H,9-22H2,1-8H3,(H,37,45);1-5,7,9H,6H2,(H,11,12)(H,13,14);2*4H,1-3H3;3H2,1-2H3;2*1-2H3;3H,2H2,1H3;2H2,1H3. The van der Waals surface area contributed by atoms with Crippen LogP contribution in [-0.2, 0) is 49.5 Å². The van der Waals surface area contributed by atoms with Crippen LogP contribution in [0, 0.1) is 29.1 Å². The van der Waals surface area contributed by atoms with E-state index in [-0.39, 0.29) is 78.1 Å². The minimum atomic E-state index is -1.03. The number of ketones is 1. The SMILES string of the molecule is CC.CC.CC(C)C.CC(C)C.CCC.CCC(C)C(C(CC(=O)N1C(C)CC2CC21)OC)N(C)C(=O)CNC(=O)C(=O)CCCCCN1C(=O)CC(SCCCC(C)(C)C)C1=O.CN.CNN.O=CNC(Cc1ccccc1)C(=O)O. The number of hydrogen-bond acceptors (Lipinski definition) is 13. The van der Waals surface area contributed by atoms with Crippen LogP contribution < -0.4 is 27.6 Å². The van der Waals surface area contributed by atoms with Crippen molar-refractivity contribution in [1.29, 1.82) is 0 Å².